The molecule has 0 saturated carbocycles. The number of carbonyl (C=O) groups is 1. The van der Waals surface area contributed by atoms with Crippen molar-refractivity contribution < 1.29 is 9.53 Å². The van der Waals surface area contributed by atoms with Crippen molar-refractivity contribution in [1.29, 1.82) is 0 Å². The summed E-state index contributed by atoms with van der Waals surface area (Å²) in [6.07, 6.45) is 10.1. The number of pyridine rings is 1. The van der Waals surface area contributed by atoms with Crippen molar-refractivity contribution in [3.8, 4) is 16.9 Å². The topological polar surface area (TPSA) is 77.2 Å². The molecule has 0 radical (unpaired) electrons. The summed E-state index contributed by atoms with van der Waals surface area (Å²) in [7, 11) is 0. The Balaban J connectivity index is 0.00000109. The van der Waals surface area contributed by atoms with Crippen LogP contribution in [0.1, 0.15) is 49.5 Å². The van der Waals surface area contributed by atoms with Crippen LogP contribution in [0.4, 0.5) is 5.82 Å². The van der Waals surface area contributed by atoms with E-state index in [0.29, 0.717) is 23.7 Å². The van der Waals surface area contributed by atoms with Crippen molar-refractivity contribution in [2.75, 3.05) is 5.73 Å². The standard InChI is InChI=1S/C21H21N3O2.C2H6/c1-13(14-5-3-2-4-6-14)24-21(25)15-7-8-17-16(9-15)12-26-19-11-23-20(22)10-18(17)19;1-2/h3,5-11,13H,2,4,12H2,1H3,(H2,22,23)(H,24,25);1-2H3. The van der Waals surface area contributed by atoms with Crippen molar-refractivity contribution >= 4 is 11.7 Å². The highest BCUT2D eigenvalue weighted by atomic mass is 16.5. The molecular formula is C23H27N3O2. The number of benzene rings is 1. The molecule has 1 aliphatic carbocycles. The first kappa shape index (κ1) is 19.7. The Morgan fingerprint density at radius 2 is 2.04 bits per heavy atom. The Morgan fingerprint density at radius 3 is 2.79 bits per heavy atom. The van der Waals surface area contributed by atoms with Gasteiger partial charge in [0.1, 0.15) is 18.2 Å². The summed E-state index contributed by atoms with van der Waals surface area (Å²) < 4.78 is 5.75. The number of aromatic nitrogens is 1. The van der Waals surface area contributed by atoms with E-state index in [4.69, 9.17) is 10.5 Å². The van der Waals surface area contributed by atoms with Crippen molar-refractivity contribution in [1.82, 2.24) is 10.3 Å². The number of nitrogens with one attached hydrogen (secondary N) is 1. The maximum absolute atomic E-state index is 12.6. The molecule has 1 amide bonds. The monoisotopic (exact) mass is 377 g/mol. The number of carbonyl (C=O) groups excluding carboxylic acids is 1. The molecule has 2 aromatic rings. The number of nitrogens with zero attached hydrogens (tertiary/aromatic N) is 1. The molecule has 0 spiro atoms. The van der Waals surface area contributed by atoms with E-state index in [1.165, 1.54) is 0 Å². The van der Waals surface area contributed by atoms with Crippen LogP contribution < -0.4 is 15.8 Å². The maximum Gasteiger partial charge on any atom is 0.251 e. The molecule has 28 heavy (non-hydrogen) atoms. The number of hydrogen-bond acceptors (Lipinski definition) is 4. The van der Waals surface area contributed by atoms with E-state index in [1.54, 1.807) is 12.3 Å². The molecule has 1 aromatic carbocycles. The van der Waals surface area contributed by atoms with Crippen LogP contribution >= 0.6 is 0 Å². The van der Waals surface area contributed by atoms with Gasteiger partial charge >= 0.3 is 0 Å². The van der Waals surface area contributed by atoms with E-state index >= 15 is 0 Å². The summed E-state index contributed by atoms with van der Waals surface area (Å²) in [6.45, 7) is 6.42. The van der Waals surface area contributed by atoms with Crippen molar-refractivity contribution in [3.63, 3.8) is 0 Å². The number of ether oxygens (including phenoxy) is 1. The second-order valence-corrected chi connectivity index (χ2v) is 6.64. The lowest BCUT2D eigenvalue weighted by Crippen LogP contribution is -2.34. The molecule has 5 heteroatoms. The molecule has 2 aliphatic rings. The Labute approximate surface area is 166 Å². The number of allylic oxidation sites excluding steroid dienone is 2. The van der Waals surface area contributed by atoms with Gasteiger partial charge in [0.15, 0.2) is 0 Å². The average Bonchev–Trinajstić information content (AvgIpc) is 2.75. The molecule has 4 rings (SSSR count). The first-order valence-corrected chi connectivity index (χ1v) is 9.81. The lowest BCUT2D eigenvalue weighted by atomic mass is 9.95. The number of anilines is 1. The highest BCUT2D eigenvalue weighted by Gasteiger charge is 2.20. The van der Waals surface area contributed by atoms with E-state index in [0.717, 1.165) is 35.1 Å². The van der Waals surface area contributed by atoms with E-state index in [9.17, 15) is 4.79 Å². The maximum atomic E-state index is 12.6. The van der Waals surface area contributed by atoms with Gasteiger partial charge in [-0.05, 0) is 54.7 Å². The average molecular weight is 377 g/mol. The third-order valence-corrected chi connectivity index (χ3v) is 4.80. The van der Waals surface area contributed by atoms with Gasteiger partial charge in [0.05, 0.1) is 12.2 Å². The summed E-state index contributed by atoms with van der Waals surface area (Å²) in [5.41, 5.74) is 10.5. The summed E-state index contributed by atoms with van der Waals surface area (Å²) in [5, 5.41) is 3.07. The third-order valence-electron chi connectivity index (χ3n) is 4.80. The Hall–Kier alpha value is -3.08. The van der Waals surface area contributed by atoms with E-state index in [1.807, 2.05) is 39.0 Å². The zero-order chi connectivity index (χ0) is 20.1. The number of hydrogen-bond donors (Lipinski definition) is 2. The van der Waals surface area contributed by atoms with Gasteiger partial charge in [0.25, 0.3) is 5.91 Å². The first-order chi connectivity index (χ1) is 13.6. The second kappa shape index (κ2) is 8.74. The lowest BCUT2D eigenvalue weighted by Gasteiger charge is -2.22. The molecule has 146 valence electrons. The van der Waals surface area contributed by atoms with Gasteiger partial charge in [-0.25, -0.2) is 4.98 Å². The van der Waals surface area contributed by atoms with Crippen molar-refractivity contribution in [3.05, 3.63) is 65.4 Å². The van der Waals surface area contributed by atoms with E-state index in [2.05, 4.69) is 28.5 Å². The van der Waals surface area contributed by atoms with Gasteiger partial charge in [0.2, 0.25) is 0 Å². The molecule has 1 aliphatic heterocycles. The molecule has 2 heterocycles. The largest absolute Gasteiger partial charge is 0.487 e. The third kappa shape index (κ3) is 4.09. The van der Waals surface area contributed by atoms with Gasteiger partial charge in [-0.15, -0.1) is 0 Å². The summed E-state index contributed by atoms with van der Waals surface area (Å²) >= 11 is 0. The zero-order valence-electron chi connectivity index (χ0n) is 16.7. The van der Waals surface area contributed by atoms with Crippen LogP contribution in [0.5, 0.6) is 5.75 Å². The van der Waals surface area contributed by atoms with Gasteiger partial charge in [-0.3, -0.25) is 4.79 Å². The zero-order valence-corrected chi connectivity index (χ0v) is 16.7. The van der Waals surface area contributed by atoms with Gasteiger partial charge in [0, 0.05) is 11.1 Å². The fourth-order valence-electron chi connectivity index (χ4n) is 3.38. The van der Waals surface area contributed by atoms with E-state index in [-0.39, 0.29) is 11.9 Å². The molecular weight excluding hydrogens is 350 g/mol. The van der Waals surface area contributed by atoms with Crippen LogP contribution in [-0.4, -0.2) is 16.9 Å². The molecule has 5 nitrogen and oxygen atoms in total. The predicted molar refractivity (Wildman–Crippen MR) is 113 cm³/mol. The smallest absolute Gasteiger partial charge is 0.251 e. The number of fused-ring (bicyclic) bond motifs is 3. The lowest BCUT2D eigenvalue weighted by molar-refractivity contribution is 0.0945. The molecule has 1 unspecified atom stereocenters. The molecule has 3 N–H and O–H groups in total. The fraction of sp³-hybridized carbons (Fsp3) is 0.304. The molecule has 0 fully saturated rings. The Morgan fingerprint density at radius 1 is 1.21 bits per heavy atom. The molecule has 0 saturated heterocycles. The first-order valence-electron chi connectivity index (χ1n) is 9.81. The normalized spacial score (nSPS) is 15.0. The molecule has 0 bridgehead atoms. The highest BCUT2D eigenvalue weighted by molar-refractivity contribution is 5.96. The Kier molecular flexibility index (Phi) is 6.14. The second-order valence-electron chi connectivity index (χ2n) is 6.64. The van der Waals surface area contributed by atoms with Crippen LogP contribution in [0.15, 0.2) is 54.3 Å². The minimum atomic E-state index is -0.0831. The van der Waals surface area contributed by atoms with Crippen LogP contribution in [0.3, 0.4) is 0 Å². The van der Waals surface area contributed by atoms with Crippen LogP contribution in [0, 0.1) is 0 Å². The van der Waals surface area contributed by atoms with Gasteiger partial charge in [-0.2, -0.15) is 0 Å². The summed E-state index contributed by atoms with van der Waals surface area (Å²) in [5.74, 6) is 1.08. The summed E-state index contributed by atoms with van der Waals surface area (Å²) in [4.78, 5) is 16.7. The van der Waals surface area contributed by atoms with E-state index < -0.39 is 0 Å². The van der Waals surface area contributed by atoms with Gasteiger partial charge < -0.3 is 15.8 Å². The molecule has 1 atom stereocenters. The Bertz CT molecular complexity index is 931. The van der Waals surface area contributed by atoms with Crippen molar-refractivity contribution in [2.24, 2.45) is 0 Å². The number of amides is 1. The fourth-order valence-corrected chi connectivity index (χ4v) is 3.38. The molecule has 1 aromatic heterocycles. The predicted octanol–water partition coefficient (Wildman–Crippen LogP) is 4.64. The van der Waals surface area contributed by atoms with Gasteiger partial charge in [-0.1, -0.05) is 38.1 Å². The number of nitrogen functional groups attached to an aromatic ring is 1. The summed E-state index contributed by atoms with van der Waals surface area (Å²) in [6, 6.07) is 7.48. The van der Waals surface area contributed by atoms with Crippen LogP contribution in [0.2, 0.25) is 0 Å². The SMILES string of the molecule is CC.CC(NC(=O)c1ccc2c(c1)COc1cnc(N)cc1-2)C1=CCCC=C1. The highest BCUT2D eigenvalue weighted by Crippen LogP contribution is 2.38. The van der Waals surface area contributed by atoms with Crippen LogP contribution in [0.25, 0.3) is 11.1 Å². The quantitative estimate of drug-likeness (QED) is 0.817. The minimum Gasteiger partial charge on any atom is -0.487 e. The number of rotatable bonds is 3. The van der Waals surface area contributed by atoms with Crippen LogP contribution in [-0.2, 0) is 6.61 Å². The number of nitrogens with two attached hydrogens (primary N) is 1. The van der Waals surface area contributed by atoms with Crippen molar-refractivity contribution in [2.45, 2.75) is 46.3 Å². The minimum absolute atomic E-state index is 0.0158.